The summed E-state index contributed by atoms with van der Waals surface area (Å²) in [6, 6.07) is 15.0. The highest BCUT2D eigenvalue weighted by Gasteiger charge is 2.14. The van der Waals surface area contributed by atoms with Gasteiger partial charge in [-0.15, -0.1) is 5.10 Å². The third-order valence-electron chi connectivity index (χ3n) is 5.36. The van der Waals surface area contributed by atoms with Crippen molar-refractivity contribution in [1.29, 1.82) is 0 Å². The SMILES string of the molecule is O=C(/C=C/c1ccc2c(c1)OCO2)Nc1ccc(Nc2cc(N3CCCC3)cnn2)cc1. The van der Waals surface area contributed by atoms with E-state index in [4.69, 9.17) is 9.47 Å². The van der Waals surface area contributed by atoms with Crippen LogP contribution in [0.5, 0.6) is 11.5 Å². The second-order valence-electron chi connectivity index (χ2n) is 7.63. The molecule has 2 aliphatic heterocycles. The summed E-state index contributed by atoms with van der Waals surface area (Å²) in [7, 11) is 0. The number of anilines is 4. The zero-order valence-electron chi connectivity index (χ0n) is 17.5. The normalized spacial score (nSPS) is 14.7. The van der Waals surface area contributed by atoms with Crippen LogP contribution in [0.15, 0.2) is 60.8 Å². The van der Waals surface area contributed by atoms with Crippen molar-refractivity contribution in [2.24, 2.45) is 0 Å². The minimum atomic E-state index is -0.215. The molecule has 1 amide bonds. The van der Waals surface area contributed by atoms with Crippen molar-refractivity contribution in [1.82, 2.24) is 10.2 Å². The Hall–Kier alpha value is -4.07. The molecule has 0 bridgehead atoms. The molecule has 3 aromatic rings. The molecule has 0 aliphatic carbocycles. The van der Waals surface area contributed by atoms with E-state index in [9.17, 15) is 4.79 Å². The van der Waals surface area contributed by atoms with Crippen LogP contribution in [0.4, 0.5) is 22.9 Å². The van der Waals surface area contributed by atoms with E-state index in [0.717, 1.165) is 30.0 Å². The number of fused-ring (bicyclic) bond motifs is 1. The number of benzene rings is 2. The smallest absolute Gasteiger partial charge is 0.248 e. The maximum atomic E-state index is 12.3. The van der Waals surface area contributed by atoms with Gasteiger partial charge in [0.15, 0.2) is 17.3 Å². The van der Waals surface area contributed by atoms with Crippen molar-refractivity contribution in [3.05, 3.63) is 66.4 Å². The zero-order chi connectivity index (χ0) is 21.8. The Morgan fingerprint density at radius 1 is 0.969 bits per heavy atom. The van der Waals surface area contributed by atoms with Crippen LogP contribution in [0, 0.1) is 0 Å². The van der Waals surface area contributed by atoms with Crippen molar-refractivity contribution in [3.8, 4) is 11.5 Å². The first-order valence-corrected chi connectivity index (χ1v) is 10.6. The number of carbonyl (C=O) groups excluding carboxylic acids is 1. The lowest BCUT2D eigenvalue weighted by atomic mass is 10.2. The summed E-state index contributed by atoms with van der Waals surface area (Å²) in [6.07, 6.45) is 7.45. The maximum absolute atomic E-state index is 12.3. The van der Waals surface area contributed by atoms with Gasteiger partial charge in [0.2, 0.25) is 12.7 Å². The fraction of sp³-hybridized carbons (Fsp3) is 0.208. The van der Waals surface area contributed by atoms with Gasteiger partial charge in [0.25, 0.3) is 0 Å². The molecule has 0 unspecified atom stereocenters. The molecule has 0 atom stereocenters. The quantitative estimate of drug-likeness (QED) is 0.568. The lowest BCUT2D eigenvalue weighted by Crippen LogP contribution is -2.18. The van der Waals surface area contributed by atoms with Crippen molar-refractivity contribution in [2.45, 2.75) is 12.8 Å². The molecule has 162 valence electrons. The number of aromatic nitrogens is 2. The van der Waals surface area contributed by atoms with Gasteiger partial charge >= 0.3 is 0 Å². The molecule has 1 fully saturated rings. The first kappa shape index (κ1) is 19.9. The fourth-order valence-electron chi connectivity index (χ4n) is 3.72. The van der Waals surface area contributed by atoms with E-state index in [1.165, 1.54) is 18.9 Å². The summed E-state index contributed by atoms with van der Waals surface area (Å²) in [5.74, 6) is 1.88. The van der Waals surface area contributed by atoms with Gasteiger partial charge in [0.1, 0.15) is 0 Å². The number of nitrogens with zero attached hydrogens (tertiary/aromatic N) is 3. The van der Waals surface area contributed by atoms with Gasteiger partial charge in [-0.05, 0) is 60.9 Å². The van der Waals surface area contributed by atoms with Gasteiger partial charge in [0, 0.05) is 36.6 Å². The average Bonchev–Trinajstić information content (AvgIpc) is 3.51. The Bertz CT molecular complexity index is 1140. The highest BCUT2D eigenvalue weighted by Crippen LogP contribution is 2.32. The number of rotatable bonds is 6. The number of ether oxygens (including phenoxy) is 2. The topological polar surface area (TPSA) is 88.6 Å². The molecule has 0 spiro atoms. The number of amides is 1. The second-order valence-corrected chi connectivity index (χ2v) is 7.63. The number of hydrogen-bond donors (Lipinski definition) is 2. The molecule has 3 heterocycles. The number of carbonyl (C=O) groups is 1. The molecule has 8 nitrogen and oxygen atoms in total. The Balaban J connectivity index is 1.18. The second kappa shape index (κ2) is 8.97. The molecular formula is C24H23N5O3. The largest absolute Gasteiger partial charge is 0.454 e. The first-order chi connectivity index (χ1) is 15.7. The van der Waals surface area contributed by atoms with Crippen LogP contribution >= 0.6 is 0 Å². The molecule has 8 heteroatoms. The monoisotopic (exact) mass is 429 g/mol. The summed E-state index contributed by atoms with van der Waals surface area (Å²) in [5.41, 5.74) is 3.51. The Morgan fingerprint density at radius 3 is 2.59 bits per heavy atom. The van der Waals surface area contributed by atoms with Crippen LogP contribution in [0.1, 0.15) is 18.4 Å². The molecule has 2 aromatic carbocycles. The number of hydrogen-bond acceptors (Lipinski definition) is 7. The minimum absolute atomic E-state index is 0.215. The Kier molecular flexibility index (Phi) is 5.57. The third-order valence-corrected chi connectivity index (χ3v) is 5.36. The van der Waals surface area contributed by atoms with Crippen molar-refractivity contribution in [3.63, 3.8) is 0 Å². The molecule has 0 radical (unpaired) electrons. The average molecular weight is 429 g/mol. The van der Waals surface area contributed by atoms with Crippen LogP contribution in [-0.4, -0.2) is 36.0 Å². The summed E-state index contributed by atoms with van der Waals surface area (Å²) >= 11 is 0. The predicted octanol–water partition coefficient (Wildman–Crippen LogP) is 4.20. The van der Waals surface area contributed by atoms with Crippen molar-refractivity contribution in [2.75, 3.05) is 35.4 Å². The lowest BCUT2D eigenvalue weighted by Gasteiger charge is -2.17. The number of nitrogens with one attached hydrogen (secondary N) is 2. The van der Waals surface area contributed by atoms with E-state index in [2.05, 4.69) is 25.7 Å². The Morgan fingerprint density at radius 2 is 1.75 bits per heavy atom. The van der Waals surface area contributed by atoms with Crippen LogP contribution in [0.3, 0.4) is 0 Å². The van der Waals surface area contributed by atoms with Gasteiger partial charge in [-0.1, -0.05) is 6.07 Å². The van der Waals surface area contributed by atoms with E-state index < -0.39 is 0 Å². The summed E-state index contributed by atoms with van der Waals surface area (Å²) < 4.78 is 10.6. The van der Waals surface area contributed by atoms with Crippen LogP contribution in [0.25, 0.3) is 6.08 Å². The summed E-state index contributed by atoms with van der Waals surface area (Å²) in [5, 5.41) is 14.4. The van der Waals surface area contributed by atoms with Crippen molar-refractivity contribution >= 4 is 34.9 Å². The lowest BCUT2D eigenvalue weighted by molar-refractivity contribution is -0.111. The zero-order valence-corrected chi connectivity index (χ0v) is 17.5. The van der Waals surface area contributed by atoms with Crippen LogP contribution in [-0.2, 0) is 4.79 Å². The van der Waals surface area contributed by atoms with E-state index >= 15 is 0 Å². The predicted molar refractivity (Wildman–Crippen MR) is 123 cm³/mol. The van der Waals surface area contributed by atoms with Gasteiger partial charge in [-0.25, -0.2) is 0 Å². The van der Waals surface area contributed by atoms with Crippen LogP contribution in [0.2, 0.25) is 0 Å². The summed E-state index contributed by atoms with van der Waals surface area (Å²) in [4.78, 5) is 14.6. The third kappa shape index (κ3) is 4.64. The van der Waals surface area contributed by atoms with Crippen molar-refractivity contribution < 1.29 is 14.3 Å². The first-order valence-electron chi connectivity index (χ1n) is 10.6. The molecule has 1 aromatic heterocycles. The minimum Gasteiger partial charge on any atom is -0.454 e. The highest BCUT2D eigenvalue weighted by molar-refractivity contribution is 6.02. The standard InChI is InChI=1S/C24H23N5O3/c30-24(10-4-17-3-9-21-22(13-17)32-16-31-21)27-19-7-5-18(6-8-19)26-23-14-20(15-25-28-23)29-11-1-2-12-29/h3-10,13-15H,1-2,11-12,16H2,(H,26,28)(H,27,30)/b10-4+. The Labute approximate surface area is 185 Å². The van der Waals surface area contributed by atoms with Gasteiger partial charge in [-0.3, -0.25) is 4.79 Å². The molecule has 2 N–H and O–H groups in total. The van der Waals surface area contributed by atoms with Gasteiger partial charge in [0.05, 0.1) is 11.9 Å². The van der Waals surface area contributed by atoms with E-state index in [0.29, 0.717) is 23.0 Å². The molecule has 32 heavy (non-hydrogen) atoms. The van der Waals surface area contributed by atoms with Crippen LogP contribution < -0.4 is 25.0 Å². The van der Waals surface area contributed by atoms with E-state index in [-0.39, 0.29) is 12.7 Å². The van der Waals surface area contributed by atoms with E-state index in [1.54, 1.807) is 12.3 Å². The fourth-order valence-corrected chi connectivity index (χ4v) is 3.72. The molecule has 2 aliphatic rings. The molecular weight excluding hydrogens is 406 g/mol. The maximum Gasteiger partial charge on any atom is 0.248 e. The van der Waals surface area contributed by atoms with Gasteiger partial charge < -0.3 is 25.0 Å². The van der Waals surface area contributed by atoms with Gasteiger partial charge in [-0.2, -0.15) is 5.10 Å². The highest BCUT2D eigenvalue weighted by atomic mass is 16.7. The van der Waals surface area contributed by atoms with E-state index in [1.807, 2.05) is 48.5 Å². The molecule has 1 saturated heterocycles. The summed E-state index contributed by atoms with van der Waals surface area (Å²) in [6.45, 7) is 2.34. The molecule has 0 saturated carbocycles. The molecule has 5 rings (SSSR count).